The molecule has 2 rings (SSSR count). The molecule has 0 saturated heterocycles. The third kappa shape index (κ3) is 3.31. The van der Waals surface area contributed by atoms with Crippen LogP contribution in [0.5, 0.6) is 5.75 Å². The van der Waals surface area contributed by atoms with E-state index < -0.39 is 32.3 Å². The Morgan fingerprint density at radius 3 is 2.45 bits per heavy atom. The van der Waals surface area contributed by atoms with Crippen molar-refractivity contribution in [2.24, 2.45) is 5.14 Å². The molecule has 9 heteroatoms. The van der Waals surface area contributed by atoms with Gasteiger partial charge in [-0.15, -0.1) is 0 Å². The molecule has 0 unspecified atom stereocenters. The zero-order valence-electron chi connectivity index (χ0n) is 10.2. The molecular weight excluding hydrogens is 292 g/mol. The van der Waals surface area contributed by atoms with Crippen LogP contribution < -0.4 is 9.88 Å². The summed E-state index contributed by atoms with van der Waals surface area (Å²) in [6.45, 7) is 0.342. The van der Waals surface area contributed by atoms with Crippen LogP contribution in [-0.2, 0) is 16.6 Å². The molecule has 1 aromatic carbocycles. The number of hydrogen-bond donors (Lipinski definition) is 1. The molecule has 0 amide bonds. The summed E-state index contributed by atoms with van der Waals surface area (Å²) < 4.78 is 55.9. The van der Waals surface area contributed by atoms with Crippen molar-refractivity contribution >= 4 is 10.0 Å². The first-order chi connectivity index (χ1) is 9.38. The minimum Gasteiger partial charge on any atom is -0.486 e. The van der Waals surface area contributed by atoms with Gasteiger partial charge in [-0.2, -0.15) is 0 Å². The van der Waals surface area contributed by atoms with Crippen molar-refractivity contribution in [3.63, 3.8) is 0 Å². The van der Waals surface area contributed by atoms with Crippen molar-refractivity contribution in [1.29, 1.82) is 0 Å². The van der Waals surface area contributed by atoms with Gasteiger partial charge in [-0.05, 0) is 12.1 Å². The lowest BCUT2D eigenvalue weighted by Gasteiger charge is -2.09. The Bertz CT molecular complexity index is 679. The lowest BCUT2D eigenvalue weighted by Crippen LogP contribution is -2.14. The van der Waals surface area contributed by atoms with Crippen LogP contribution in [0.4, 0.5) is 8.78 Å². The lowest BCUT2D eigenvalue weighted by atomic mass is 10.3. The van der Waals surface area contributed by atoms with Crippen LogP contribution in [0.25, 0.3) is 0 Å². The predicted octanol–water partition coefficient (Wildman–Crippen LogP) is 0.888. The van der Waals surface area contributed by atoms with Crippen LogP contribution in [0.15, 0.2) is 35.7 Å². The Labute approximate surface area is 113 Å². The Hall–Kier alpha value is -2.00. The number of primary sulfonamides is 1. The van der Waals surface area contributed by atoms with Crippen LogP contribution in [0.1, 0.15) is 0 Å². The van der Waals surface area contributed by atoms with Gasteiger partial charge in [-0.1, -0.05) is 0 Å². The number of rotatable bonds is 5. The standard InChI is InChI=1S/C11H11F2N3O3S/c12-9-5-8(20(14,17)18)6-10(13)11(9)19-4-3-16-2-1-15-7-16/h1-2,5-7H,3-4H2,(H2,14,17,18). The molecule has 0 bridgehead atoms. The van der Waals surface area contributed by atoms with Gasteiger partial charge in [0.1, 0.15) is 6.61 Å². The first-order valence-electron chi connectivity index (χ1n) is 5.48. The van der Waals surface area contributed by atoms with Gasteiger partial charge < -0.3 is 9.30 Å². The number of benzene rings is 1. The Kier molecular flexibility index (Phi) is 4.00. The summed E-state index contributed by atoms with van der Waals surface area (Å²) in [6.07, 6.45) is 4.75. The third-order valence-corrected chi connectivity index (χ3v) is 3.35. The van der Waals surface area contributed by atoms with Gasteiger partial charge in [0.15, 0.2) is 17.4 Å². The molecule has 0 fully saturated rings. The van der Waals surface area contributed by atoms with Gasteiger partial charge >= 0.3 is 0 Å². The maximum absolute atomic E-state index is 13.6. The molecule has 2 aromatic rings. The van der Waals surface area contributed by atoms with E-state index in [4.69, 9.17) is 9.88 Å². The number of aromatic nitrogens is 2. The van der Waals surface area contributed by atoms with E-state index in [1.807, 2.05) is 0 Å². The predicted molar refractivity (Wildman–Crippen MR) is 65.5 cm³/mol. The van der Waals surface area contributed by atoms with Crippen molar-refractivity contribution in [1.82, 2.24) is 9.55 Å². The van der Waals surface area contributed by atoms with Crippen molar-refractivity contribution < 1.29 is 21.9 Å². The van der Waals surface area contributed by atoms with Crippen molar-refractivity contribution in [3.05, 3.63) is 42.5 Å². The highest BCUT2D eigenvalue weighted by atomic mass is 32.2. The van der Waals surface area contributed by atoms with Crippen LogP contribution in [0.3, 0.4) is 0 Å². The number of sulfonamides is 1. The number of ether oxygens (including phenoxy) is 1. The maximum Gasteiger partial charge on any atom is 0.238 e. The highest BCUT2D eigenvalue weighted by Crippen LogP contribution is 2.24. The quantitative estimate of drug-likeness (QED) is 0.888. The van der Waals surface area contributed by atoms with Crippen molar-refractivity contribution in [3.8, 4) is 5.75 Å². The minimum absolute atomic E-state index is 0.00107. The average Bonchev–Trinajstić information content (AvgIpc) is 2.84. The first-order valence-corrected chi connectivity index (χ1v) is 7.03. The highest BCUT2D eigenvalue weighted by molar-refractivity contribution is 7.89. The van der Waals surface area contributed by atoms with Crippen LogP contribution >= 0.6 is 0 Å². The second-order valence-corrected chi connectivity index (χ2v) is 5.47. The van der Waals surface area contributed by atoms with E-state index in [0.29, 0.717) is 18.7 Å². The number of nitrogens with zero attached hydrogens (tertiary/aromatic N) is 2. The molecule has 6 nitrogen and oxygen atoms in total. The molecule has 20 heavy (non-hydrogen) atoms. The minimum atomic E-state index is -4.17. The number of halogens is 2. The summed E-state index contributed by atoms with van der Waals surface area (Å²) in [6, 6.07) is 1.23. The number of imidazole rings is 1. The molecule has 0 saturated carbocycles. The van der Waals surface area contributed by atoms with E-state index in [-0.39, 0.29) is 6.61 Å². The topological polar surface area (TPSA) is 87.2 Å². The van der Waals surface area contributed by atoms with Gasteiger partial charge in [0.25, 0.3) is 0 Å². The van der Waals surface area contributed by atoms with Gasteiger partial charge in [0.05, 0.1) is 17.8 Å². The molecule has 1 aromatic heterocycles. The summed E-state index contributed by atoms with van der Waals surface area (Å²) in [5.41, 5.74) is 0. The summed E-state index contributed by atoms with van der Waals surface area (Å²) in [4.78, 5) is 3.16. The van der Waals surface area contributed by atoms with E-state index in [0.717, 1.165) is 0 Å². The molecule has 0 spiro atoms. The van der Waals surface area contributed by atoms with Gasteiger partial charge in [0.2, 0.25) is 10.0 Å². The van der Waals surface area contributed by atoms with E-state index in [1.54, 1.807) is 17.0 Å². The highest BCUT2D eigenvalue weighted by Gasteiger charge is 2.17. The first kappa shape index (κ1) is 14.4. The molecule has 1 heterocycles. The molecule has 2 N–H and O–H groups in total. The lowest BCUT2D eigenvalue weighted by molar-refractivity contribution is 0.269. The largest absolute Gasteiger partial charge is 0.486 e. The zero-order chi connectivity index (χ0) is 14.8. The SMILES string of the molecule is NS(=O)(=O)c1cc(F)c(OCCn2ccnc2)c(F)c1. The van der Waals surface area contributed by atoms with E-state index in [2.05, 4.69) is 4.98 Å². The third-order valence-electron chi connectivity index (χ3n) is 2.46. The summed E-state index contributed by atoms with van der Waals surface area (Å²) in [5, 5.41) is 4.80. The summed E-state index contributed by atoms with van der Waals surface area (Å²) in [7, 11) is -4.17. The van der Waals surface area contributed by atoms with E-state index in [9.17, 15) is 17.2 Å². The Morgan fingerprint density at radius 2 is 1.95 bits per heavy atom. The molecule has 108 valence electrons. The van der Waals surface area contributed by atoms with Crippen molar-refractivity contribution in [2.75, 3.05) is 6.61 Å². The molecule has 0 aliphatic heterocycles. The monoisotopic (exact) mass is 303 g/mol. The van der Waals surface area contributed by atoms with E-state index >= 15 is 0 Å². The second-order valence-electron chi connectivity index (χ2n) is 3.91. The second kappa shape index (κ2) is 5.55. The van der Waals surface area contributed by atoms with Crippen LogP contribution in [0.2, 0.25) is 0 Å². The van der Waals surface area contributed by atoms with Crippen molar-refractivity contribution in [2.45, 2.75) is 11.4 Å². The summed E-state index contributed by atoms with van der Waals surface area (Å²) in [5.74, 6) is -2.89. The fraction of sp³-hybridized carbons (Fsp3) is 0.182. The van der Waals surface area contributed by atoms with Crippen LogP contribution in [-0.4, -0.2) is 24.6 Å². The smallest absolute Gasteiger partial charge is 0.238 e. The Balaban J connectivity index is 2.12. The fourth-order valence-corrected chi connectivity index (χ4v) is 2.05. The van der Waals surface area contributed by atoms with Crippen LogP contribution in [0, 0.1) is 11.6 Å². The van der Waals surface area contributed by atoms with Gasteiger partial charge in [-0.3, -0.25) is 0 Å². The molecule has 0 radical (unpaired) electrons. The Morgan fingerprint density at radius 1 is 1.30 bits per heavy atom. The zero-order valence-corrected chi connectivity index (χ0v) is 11.0. The molecule has 0 aliphatic carbocycles. The number of nitrogens with two attached hydrogens (primary N) is 1. The maximum atomic E-state index is 13.6. The van der Waals surface area contributed by atoms with Gasteiger partial charge in [-0.25, -0.2) is 27.3 Å². The molecule has 0 aliphatic rings. The van der Waals surface area contributed by atoms with Gasteiger partial charge in [0, 0.05) is 12.4 Å². The normalized spacial score (nSPS) is 11.6. The van der Waals surface area contributed by atoms with E-state index in [1.165, 1.54) is 6.33 Å². The summed E-state index contributed by atoms with van der Waals surface area (Å²) >= 11 is 0. The fourth-order valence-electron chi connectivity index (χ4n) is 1.51. The average molecular weight is 303 g/mol. The molecule has 0 atom stereocenters. The number of hydrogen-bond acceptors (Lipinski definition) is 4. The molecular formula is C11H11F2N3O3S.